The van der Waals surface area contributed by atoms with E-state index in [9.17, 15) is 39.9 Å². The van der Waals surface area contributed by atoms with Crippen LogP contribution in [0.2, 0.25) is 0 Å². The van der Waals surface area contributed by atoms with Gasteiger partial charge in [-0.1, -0.05) is 24.3 Å². The molecular formula is C30H26F8N2O2. The molecule has 0 radical (unpaired) electrons. The van der Waals surface area contributed by atoms with Crippen LogP contribution in [0.15, 0.2) is 65.7 Å². The van der Waals surface area contributed by atoms with Gasteiger partial charge in [-0.2, -0.15) is 13.2 Å². The van der Waals surface area contributed by atoms with Crippen molar-refractivity contribution in [2.24, 2.45) is 10.9 Å². The van der Waals surface area contributed by atoms with Gasteiger partial charge in [0.2, 0.25) is 0 Å². The normalized spacial score (nSPS) is 17.3. The zero-order valence-electron chi connectivity index (χ0n) is 22.1. The molecule has 4 nitrogen and oxygen atoms in total. The number of aliphatic imine (C=N–C) groups is 1. The number of carbonyl (C=O) groups excluding carboxylic acids is 1. The van der Waals surface area contributed by atoms with Gasteiger partial charge in [0.15, 0.2) is 17.4 Å². The predicted octanol–water partition coefficient (Wildman–Crippen LogP) is 7.79. The molecule has 3 aromatic carbocycles. The van der Waals surface area contributed by atoms with Crippen LogP contribution in [0.5, 0.6) is 5.75 Å². The van der Waals surface area contributed by atoms with Crippen molar-refractivity contribution >= 4 is 12.0 Å². The Kier molecular flexibility index (Phi) is 9.65. The summed E-state index contributed by atoms with van der Waals surface area (Å²) in [5.74, 6) is -3.60. The lowest BCUT2D eigenvalue weighted by Crippen LogP contribution is -2.30. The summed E-state index contributed by atoms with van der Waals surface area (Å²) in [5, 5.41) is 0. The van der Waals surface area contributed by atoms with Gasteiger partial charge >= 0.3 is 12.5 Å². The van der Waals surface area contributed by atoms with E-state index in [0.717, 1.165) is 42.5 Å². The molecule has 0 aliphatic carbocycles. The molecule has 1 heterocycles. The van der Waals surface area contributed by atoms with Gasteiger partial charge < -0.3 is 4.74 Å². The van der Waals surface area contributed by atoms with Crippen molar-refractivity contribution < 1.29 is 44.7 Å². The van der Waals surface area contributed by atoms with E-state index >= 15 is 0 Å². The van der Waals surface area contributed by atoms with E-state index in [1.165, 1.54) is 18.2 Å². The van der Waals surface area contributed by atoms with E-state index in [4.69, 9.17) is 0 Å². The molecule has 0 aromatic heterocycles. The fourth-order valence-electron chi connectivity index (χ4n) is 4.80. The Morgan fingerprint density at radius 2 is 1.57 bits per heavy atom. The van der Waals surface area contributed by atoms with Gasteiger partial charge in [-0.3, -0.25) is 14.7 Å². The van der Waals surface area contributed by atoms with E-state index in [0.29, 0.717) is 30.6 Å². The number of nitrogens with zero attached hydrogens (tertiary/aromatic N) is 2. The first-order valence-corrected chi connectivity index (χ1v) is 13.0. The molecule has 0 N–H and O–H groups in total. The lowest BCUT2D eigenvalue weighted by atomic mass is 9.86. The van der Waals surface area contributed by atoms with E-state index in [-0.39, 0.29) is 37.1 Å². The first kappa shape index (κ1) is 31.1. The van der Waals surface area contributed by atoms with Crippen LogP contribution in [0.3, 0.4) is 0 Å². The number of hydrogen-bond acceptors (Lipinski definition) is 4. The molecule has 12 heteroatoms. The number of halogens is 8. The lowest BCUT2D eigenvalue weighted by molar-refractivity contribution is -0.274. The van der Waals surface area contributed by atoms with Crippen molar-refractivity contribution in [3.05, 3.63) is 100 Å². The quantitative estimate of drug-likeness (QED) is 0.282. The molecule has 224 valence electrons. The maximum atomic E-state index is 13.8. The van der Waals surface area contributed by atoms with Crippen molar-refractivity contribution in [1.29, 1.82) is 0 Å². The van der Waals surface area contributed by atoms with Crippen molar-refractivity contribution in [3.8, 4) is 5.75 Å². The van der Waals surface area contributed by atoms with Crippen LogP contribution in [0, 0.1) is 17.6 Å². The summed E-state index contributed by atoms with van der Waals surface area (Å²) >= 11 is 0. The van der Waals surface area contributed by atoms with Gasteiger partial charge in [0.05, 0.1) is 12.1 Å². The van der Waals surface area contributed by atoms with E-state index in [2.05, 4.69) is 9.73 Å². The maximum absolute atomic E-state index is 13.8. The monoisotopic (exact) mass is 598 g/mol. The number of alkyl halides is 6. The van der Waals surface area contributed by atoms with Crippen LogP contribution in [-0.4, -0.2) is 36.3 Å². The molecule has 3 aromatic rings. The third-order valence-electron chi connectivity index (χ3n) is 6.86. The SMILES string of the molecule is O=C1c2ccc(C(F)(F)F)cc2CN=CCCN(Cc2ccc(F)c(F)c2)CCC1Cc1ccc(OC(F)(F)F)cc1. The number of ether oxygens (including phenoxy) is 1. The summed E-state index contributed by atoms with van der Waals surface area (Å²) in [6.45, 7) is 0.808. The first-order valence-electron chi connectivity index (χ1n) is 13.0. The minimum Gasteiger partial charge on any atom is -0.406 e. The number of carbonyl (C=O) groups is 1. The molecule has 1 aliphatic rings. The number of rotatable bonds is 5. The Morgan fingerprint density at radius 3 is 2.24 bits per heavy atom. The van der Waals surface area contributed by atoms with Crippen LogP contribution in [0.4, 0.5) is 35.1 Å². The van der Waals surface area contributed by atoms with Gasteiger partial charge in [-0.25, -0.2) is 8.78 Å². The number of fused-ring (bicyclic) bond motifs is 1. The molecule has 4 rings (SSSR count). The average Bonchev–Trinajstić information content (AvgIpc) is 2.91. The Morgan fingerprint density at radius 1 is 0.857 bits per heavy atom. The number of benzene rings is 3. The zero-order chi connectivity index (χ0) is 30.5. The molecule has 1 atom stereocenters. The first-order chi connectivity index (χ1) is 19.8. The smallest absolute Gasteiger partial charge is 0.406 e. The van der Waals surface area contributed by atoms with Crippen LogP contribution in [-0.2, 0) is 25.7 Å². The second kappa shape index (κ2) is 13.0. The Hall–Kier alpha value is -3.80. The molecule has 42 heavy (non-hydrogen) atoms. The fourth-order valence-corrected chi connectivity index (χ4v) is 4.80. The summed E-state index contributed by atoms with van der Waals surface area (Å²) < 4.78 is 109. The number of hydrogen-bond donors (Lipinski definition) is 0. The Balaban J connectivity index is 1.64. The highest BCUT2D eigenvalue weighted by molar-refractivity contribution is 5.99. The van der Waals surface area contributed by atoms with Crippen LogP contribution < -0.4 is 4.74 Å². The van der Waals surface area contributed by atoms with Gasteiger partial charge in [0.1, 0.15) is 5.75 Å². The predicted molar refractivity (Wildman–Crippen MR) is 139 cm³/mol. The van der Waals surface area contributed by atoms with E-state index < -0.39 is 47.2 Å². The minimum atomic E-state index is -4.87. The molecule has 1 aliphatic heterocycles. The number of Topliss-reactive ketones (excluding diaryl/α,β-unsaturated/α-hetero) is 1. The highest BCUT2D eigenvalue weighted by Gasteiger charge is 2.33. The highest BCUT2D eigenvalue weighted by atomic mass is 19.4. The molecule has 0 fully saturated rings. The third-order valence-corrected chi connectivity index (χ3v) is 6.86. The van der Waals surface area contributed by atoms with Crippen LogP contribution >= 0.6 is 0 Å². The average molecular weight is 599 g/mol. The maximum Gasteiger partial charge on any atom is 0.573 e. The Labute approximate surface area is 236 Å². The van der Waals surface area contributed by atoms with Crippen LogP contribution in [0.1, 0.15) is 45.5 Å². The molecule has 0 saturated heterocycles. The van der Waals surface area contributed by atoms with Gasteiger partial charge in [-0.05, 0) is 78.9 Å². The summed E-state index contributed by atoms with van der Waals surface area (Å²) in [5.41, 5.74) is 0.310. The van der Waals surface area contributed by atoms with Crippen molar-refractivity contribution in [1.82, 2.24) is 4.90 Å². The molecule has 0 spiro atoms. The Bertz CT molecular complexity index is 1420. The summed E-state index contributed by atoms with van der Waals surface area (Å²) in [7, 11) is 0. The van der Waals surface area contributed by atoms with Gasteiger partial charge in [0, 0.05) is 30.8 Å². The third kappa shape index (κ3) is 8.60. The standard InChI is InChI=1S/C30H26F8N2O2/c31-26-9-4-20(15-27(26)32)18-40-12-1-11-39-17-22-16-23(29(33,34)35)5-8-25(22)28(41)21(10-13-40)14-19-2-6-24(7-3-19)42-30(36,37)38/h2-9,11,15-16,21H,1,10,12-14,17-18H2. The summed E-state index contributed by atoms with van der Waals surface area (Å²) in [6.07, 6.45) is -7.20. The summed E-state index contributed by atoms with van der Waals surface area (Å²) in [4.78, 5) is 20.0. The second-order valence-corrected chi connectivity index (χ2v) is 9.95. The van der Waals surface area contributed by atoms with Crippen LogP contribution in [0.25, 0.3) is 0 Å². The van der Waals surface area contributed by atoms with Crippen molar-refractivity contribution in [2.75, 3.05) is 13.1 Å². The largest absolute Gasteiger partial charge is 0.573 e. The van der Waals surface area contributed by atoms with Crippen molar-refractivity contribution in [2.45, 2.75) is 44.9 Å². The van der Waals surface area contributed by atoms with E-state index in [1.807, 2.05) is 4.90 Å². The van der Waals surface area contributed by atoms with Gasteiger partial charge in [0.25, 0.3) is 0 Å². The van der Waals surface area contributed by atoms with Gasteiger partial charge in [-0.15, -0.1) is 13.2 Å². The lowest BCUT2D eigenvalue weighted by Gasteiger charge is -2.26. The molecule has 0 saturated carbocycles. The molecule has 0 amide bonds. The zero-order valence-corrected chi connectivity index (χ0v) is 22.1. The highest BCUT2D eigenvalue weighted by Crippen LogP contribution is 2.32. The number of ketones is 1. The molecule has 0 bridgehead atoms. The summed E-state index contributed by atoms with van der Waals surface area (Å²) in [6, 6.07) is 11.5. The van der Waals surface area contributed by atoms with Crippen molar-refractivity contribution in [3.63, 3.8) is 0 Å². The molecule has 1 unspecified atom stereocenters. The van der Waals surface area contributed by atoms with E-state index in [1.54, 1.807) is 6.21 Å². The topological polar surface area (TPSA) is 41.9 Å². The minimum absolute atomic E-state index is 0.0786. The fraction of sp³-hybridized carbons (Fsp3) is 0.333. The second-order valence-electron chi connectivity index (χ2n) is 9.95. The molecular weight excluding hydrogens is 572 g/mol.